The van der Waals surface area contributed by atoms with Crippen molar-refractivity contribution in [3.8, 4) is 0 Å². The van der Waals surface area contributed by atoms with Gasteiger partial charge in [0.1, 0.15) is 16.7 Å². The van der Waals surface area contributed by atoms with Crippen LogP contribution >= 0.6 is 11.3 Å². The van der Waals surface area contributed by atoms with Gasteiger partial charge in [0, 0.05) is 16.6 Å². The number of hydrogen-bond acceptors (Lipinski definition) is 5. The zero-order chi connectivity index (χ0) is 18.6. The van der Waals surface area contributed by atoms with Crippen LogP contribution in [0.1, 0.15) is 29.1 Å². The fourth-order valence-electron chi connectivity index (χ4n) is 2.32. The Morgan fingerprint density at radius 1 is 1.32 bits per heavy atom. The third-order valence-electron chi connectivity index (χ3n) is 3.54. The molecule has 6 nitrogen and oxygen atoms in total. The number of amides is 2. The van der Waals surface area contributed by atoms with Crippen LogP contribution in [0.4, 0.5) is 4.39 Å². The molecule has 0 radical (unpaired) electrons. The van der Waals surface area contributed by atoms with Gasteiger partial charge in [-0.05, 0) is 38.5 Å². The Bertz CT molecular complexity index is 818. The number of carbonyl (C=O) groups excluding carboxylic acids is 3. The number of thiophene rings is 1. The number of halogens is 1. The molecule has 1 aromatic carbocycles. The molecule has 1 atom stereocenters. The first-order chi connectivity index (χ1) is 11.8. The molecule has 0 aliphatic carbocycles. The van der Waals surface area contributed by atoms with Gasteiger partial charge in [0.05, 0.1) is 0 Å². The highest BCUT2D eigenvalue weighted by Crippen LogP contribution is 2.32. The molecule has 2 N–H and O–H groups in total. The van der Waals surface area contributed by atoms with Gasteiger partial charge in [-0.2, -0.15) is 0 Å². The van der Waals surface area contributed by atoms with E-state index in [-0.39, 0.29) is 10.8 Å². The lowest BCUT2D eigenvalue weighted by atomic mass is 10.1. The monoisotopic (exact) mass is 366 g/mol. The van der Waals surface area contributed by atoms with Crippen molar-refractivity contribution in [3.63, 3.8) is 0 Å². The summed E-state index contributed by atoms with van der Waals surface area (Å²) >= 11 is 1.11. The molecule has 8 heteroatoms. The molecule has 1 aromatic heterocycles. The molecule has 0 aliphatic rings. The average Bonchev–Trinajstić information content (AvgIpc) is 2.91. The quantitative estimate of drug-likeness (QED) is 0.767. The predicted molar refractivity (Wildman–Crippen MR) is 93.1 cm³/mol. The lowest BCUT2D eigenvalue weighted by Crippen LogP contribution is -2.46. The summed E-state index contributed by atoms with van der Waals surface area (Å²) in [5, 5.41) is 5.39. The van der Waals surface area contributed by atoms with Crippen molar-refractivity contribution >= 4 is 39.2 Å². The second kappa shape index (κ2) is 8.06. The fraction of sp³-hybridized carbons (Fsp3) is 0.353. The summed E-state index contributed by atoms with van der Waals surface area (Å²) in [5.74, 6) is -2.01. The van der Waals surface area contributed by atoms with E-state index in [4.69, 9.17) is 4.74 Å². The minimum atomic E-state index is -0.730. The van der Waals surface area contributed by atoms with Crippen molar-refractivity contribution in [1.82, 2.24) is 10.6 Å². The molecule has 0 saturated carbocycles. The SMILES string of the molecule is CCNC(=O)[C@@H](C)NC(=O)COC(=O)c1sc2cccc(F)c2c1C. The van der Waals surface area contributed by atoms with E-state index in [1.807, 2.05) is 0 Å². The molecule has 0 unspecified atom stereocenters. The van der Waals surface area contributed by atoms with Crippen LogP contribution < -0.4 is 10.6 Å². The first-order valence-electron chi connectivity index (χ1n) is 7.77. The number of hydrogen-bond donors (Lipinski definition) is 2. The third-order valence-corrected chi connectivity index (χ3v) is 4.78. The first-order valence-corrected chi connectivity index (χ1v) is 8.58. The van der Waals surface area contributed by atoms with E-state index < -0.39 is 30.3 Å². The van der Waals surface area contributed by atoms with Crippen molar-refractivity contribution in [3.05, 3.63) is 34.5 Å². The number of fused-ring (bicyclic) bond motifs is 1. The van der Waals surface area contributed by atoms with E-state index >= 15 is 0 Å². The second-order valence-electron chi connectivity index (χ2n) is 5.43. The number of aryl methyl sites for hydroxylation is 1. The smallest absolute Gasteiger partial charge is 0.349 e. The van der Waals surface area contributed by atoms with E-state index in [1.165, 1.54) is 13.0 Å². The van der Waals surface area contributed by atoms with Gasteiger partial charge in [-0.1, -0.05) is 6.07 Å². The molecule has 2 rings (SSSR count). The fourth-order valence-corrected chi connectivity index (χ4v) is 3.44. The van der Waals surface area contributed by atoms with Gasteiger partial charge in [0.25, 0.3) is 5.91 Å². The van der Waals surface area contributed by atoms with Crippen LogP contribution in [0.5, 0.6) is 0 Å². The lowest BCUT2D eigenvalue weighted by Gasteiger charge is -2.13. The Morgan fingerprint density at radius 2 is 2.04 bits per heavy atom. The molecule has 2 aromatic rings. The van der Waals surface area contributed by atoms with Crippen LogP contribution in [0.25, 0.3) is 10.1 Å². The van der Waals surface area contributed by atoms with Crippen LogP contribution in [0.15, 0.2) is 18.2 Å². The largest absolute Gasteiger partial charge is 0.451 e. The highest BCUT2D eigenvalue weighted by atomic mass is 32.1. The maximum atomic E-state index is 13.9. The van der Waals surface area contributed by atoms with E-state index in [9.17, 15) is 18.8 Å². The standard InChI is InChI=1S/C17H19FN2O4S/c1-4-19-16(22)10(3)20-13(21)8-24-17(23)15-9(2)14-11(18)6-5-7-12(14)25-15/h5-7,10H,4,8H2,1-3H3,(H,19,22)(H,20,21)/t10-/m1/s1. The highest BCUT2D eigenvalue weighted by molar-refractivity contribution is 7.21. The Kier molecular flexibility index (Phi) is 6.08. The van der Waals surface area contributed by atoms with E-state index in [2.05, 4.69) is 10.6 Å². The number of esters is 1. The average molecular weight is 366 g/mol. The number of nitrogens with one attached hydrogen (secondary N) is 2. The molecule has 0 spiro atoms. The summed E-state index contributed by atoms with van der Waals surface area (Å²) in [6.45, 7) is 4.87. The number of benzene rings is 1. The molecule has 134 valence electrons. The first kappa shape index (κ1) is 18.9. The Morgan fingerprint density at radius 3 is 2.68 bits per heavy atom. The summed E-state index contributed by atoms with van der Waals surface area (Å²) in [4.78, 5) is 35.8. The maximum Gasteiger partial charge on any atom is 0.349 e. The number of carbonyl (C=O) groups is 3. The minimum Gasteiger partial charge on any atom is -0.451 e. The van der Waals surface area contributed by atoms with Crippen LogP contribution in [0.3, 0.4) is 0 Å². The molecular weight excluding hydrogens is 347 g/mol. The Labute approximate surface area is 148 Å². The number of rotatable bonds is 6. The van der Waals surface area contributed by atoms with Gasteiger partial charge in [0.15, 0.2) is 6.61 Å². The van der Waals surface area contributed by atoms with Gasteiger partial charge < -0.3 is 15.4 Å². The zero-order valence-electron chi connectivity index (χ0n) is 14.1. The summed E-state index contributed by atoms with van der Waals surface area (Å²) in [6, 6.07) is 3.88. The van der Waals surface area contributed by atoms with Crippen LogP contribution in [0.2, 0.25) is 0 Å². The van der Waals surface area contributed by atoms with Gasteiger partial charge in [-0.3, -0.25) is 9.59 Å². The van der Waals surface area contributed by atoms with Gasteiger partial charge in [0.2, 0.25) is 5.91 Å². The highest BCUT2D eigenvalue weighted by Gasteiger charge is 2.21. The van der Waals surface area contributed by atoms with E-state index in [0.29, 0.717) is 22.2 Å². The number of ether oxygens (including phenoxy) is 1. The molecule has 0 bridgehead atoms. The normalized spacial score (nSPS) is 11.8. The van der Waals surface area contributed by atoms with E-state index in [1.54, 1.807) is 26.0 Å². The van der Waals surface area contributed by atoms with Crippen LogP contribution in [0, 0.1) is 12.7 Å². The lowest BCUT2D eigenvalue weighted by molar-refractivity contribution is -0.130. The summed E-state index contributed by atoms with van der Waals surface area (Å²) in [7, 11) is 0. The molecule has 25 heavy (non-hydrogen) atoms. The molecule has 0 fully saturated rings. The number of likely N-dealkylation sites (N-methyl/N-ethyl adjacent to an activating group) is 1. The Hall–Kier alpha value is -2.48. The topological polar surface area (TPSA) is 84.5 Å². The predicted octanol–water partition coefficient (Wildman–Crippen LogP) is 2.15. The summed E-state index contributed by atoms with van der Waals surface area (Å²) in [6.07, 6.45) is 0. The minimum absolute atomic E-state index is 0.254. The molecule has 1 heterocycles. The van der Waals surface area contributed by atoms with E-state index in [0.717, 1.165) is 11.3 Å². The van der Waals surface area contributed by atoms with Crippen LogP contribution in [-0.4, -0.2) is 37.0 Å². The maximum absolute atomic E-state index is 13.9. The third kappa shape index (κ3) is 4.33. The van der Waals surface area contributed by atoms with Gasteiger partial charge in [-0.15, -0.1) is 11.3 Å². The molecule has 2 amide bonds. The van der Waals surface area contributed by atoms with Gasteiger partial charge >= 0.3 is 5.97 Å². The van der Waals surface area contributed by atoms with Crippen LogP contribution in [-0.2, 0) is 14.3 Å². The molecule has 0 saturated heterocycles. The molecule has 0 aliphatic heterocycles. The van der Waals surface area contributed by atoms with Crippen molar-refractivity contribution < 1.29 is 23.5 Å². The van der Waals surface area contributed by atoms with Crippen molar-refractivity contribution in [2.24, 2.45) is 0 Å². The van der Waals surface area contributed by atoms with Crippen molar-refractivity contribution in [1.29, 1.82) is 0 Å². The zero-order valence-corrected chi connectivity index (χ0v) is 15.0. The summed E-state index contributed by atoms with van der Waals surface area (Å²) < 4.78 is 19.5. The summed E-state index contributed by atoms with van der Waals surface area (Å²) in [5.41, 5.74) is 0.485. The molecular formula is C17H19FN2O4S. The van der Waals surface area contributed by atoms with Crippen molar-refractivity contribution in [2.45, 2.75) is 26.8 Å². The second-order valence-corrected chi connectivity index (χ2v) is 6.48. The Balaban J connectivity index is 1.99. The van der Waals surface area contributed by atoms with Gasteiger partial charge in [-0.25, -0.2) is 9.18 Å². The van der Waals surface area contributed by atoms with Crippen molar-refractivity contribution in [2.75, 3.05) is 13.2 Å².